The standard InChI is InChI=1S/C11H12ClN3/c1-7-5-8(12)3-4-9(7)11-10(13)6-14-15(11)2/h3-6H,13H2,1-2H3. The van der Waals surface area contributed by atoms with Crippen LogP contribution >= 0.6 is 11.6 Å². The van der Waals surface area contributed by atoms with Crippen LogP contribution in [0.1, 0.15) is 5.56 Å². The molecule has 1 aromatic carbocycles. The highest BCUT2D eigenvalue weighted by Crippen LogP contribution is 2.29. The van der Waals surface area contributed by atoms with Gasteiger partial charge in [0.15, 0.2) is 0 Å². The van der Waals surface area contributed by atoms with Gasteiger partial charge in [-0.3, -0.25) is 4.68 Å². The fraction of sp³-hybridized carbons (Fsp3) is 0.182. The summed E-state index contributed by atoms with van der Waals surface area (Å²) in [4.78, 5) is 0. The van der Waals surface area contributed by atoms with Crippen LogP contribution in [0.5, 0.6) is 0 Å². The normalized spacial score (nSPS) is 10.6. The highest BCUT2D eigenvalue weighted by Gasteiger charge is 2.10. The molecule has 0 spiro atoms. The average Bonchev–Trinajstić information content (AvgIpc) is 2.48. The molecule has 0 bridgehead atoms. The van der Waals surface area contributed by atoms with Crippen molar-refractivity contribution in [3.05, 3.63) is 35.0 Å². The van der Waals surface area contributed by atoms with E-state index < -0.39 is 0 Å². The second-order valence-electron chi connectivity index (χ2n) is 3.53. The van der Waals surface area contributed by atoms with E-state index in [4.69, 9.17) is 17.3 Å². The maximum atomic E-state index is 5.90. The van der Waals surface area contributed by atoms with Crippen molar-refractivity contribution in [2.75, 3.05) is 5.73 Å². The number of nitrogens with two attached hydrogens (primary N) is 1. The number of aromatic nitrogens is 2. The highest BCUT2D eigenvalue weighted by atomic mass is 35.5. The van der Waals surface area contributed by atoms with E-state index in [0.717, 1.165) is 21.8 Å². The predicted molar refractivity (Wildman–Crippen MR) is 62.8 cm³/mol. The predicted octanol–water partition coefficient (Wildman–Crippen LogP) is 2.63. The van der Waals surface area contributed by atoms with Crippen LogP contribution in [0.15, 0.2) is 24.4 Å². The summed E-state index contributed by atoms with van der Waals surface area (Å²) < 4.78 is 1.77. The number of anilines is 1. The lowest BCUT2D eigenvalue weighted by molar-refractivity contribution is 0.775. The van der Waals surface area contributed by atoms with Gasteiger partial charge in [-0.15, -0.1) is 0 Å². The van der Waals surface area contributed by atoms with Crippen LogP contribution in [0.3, 0.4) is 0 Å². The zero-order valence-corrected chi connectivity index (χ0v) is 9.42. The van der Waals surface area contributed by atoms with Crippen LogP contribution < -0.4 is 5.73 Å². The van der Waals surface area contributed by atoms with Crippen molar-refractivity contribution in [1.29, 1.82) is 0 Å². The third-order valence-corrected chi connectivity index (χ3v) is 2.65. The van der Waals surface area contributed by atoms with E-state index in [9.17, 15) is 0 Å². The molecule has 2 N–H and O–H groups in total. The van der Waals surface area contributed by atoms with Crippen molar-refractivity contribution in [3.8, 4) is 11.3 Å². The molecular weight excluding hydrogens is 210 g/mol. The number of halogens is 1. The Bertz CT molecular complexity index is 483. The Labute approximate surface area is 93.5 Å². The van der Waals surface area contributed by atoms with Gasteiger partial charge in [-0.1, -0.05) is 17.7 Å². The molecule has 2 rings (SSSR count). The molecule has 0 saturated carbocycles. The molecule has 0 unspecified atom stereocenters. The van der Waals surface area contributed by atoms with Crippen LogP contribution in [-0.4, -0.2) is 9.78 Å². The van der Waals surface area contributed by atoms with Gasteiger partial charge in [-0.05, 0) is 24.6 Å². The van der Waals surface area contributed by atoms with Gasteiger partial charge < -0.3 is 5.73 Å². The molecule has 0 saturated heterocycles. The Balaban J connectivity index is 2.64. The van der Waals surface area contributed by atoms with E-state index >= 15 is 0 Å². The number of aryl methyl sites for hydroxylation is 2. The lowest BCUT2D eigenvalue weighted by Crippen LogP contribution is -1.97. The van der Waals surface area contributed by atoms with Crippen LogP contribution in [0.2, 0.25) is 5.02 Å². The smallest absolute Gasteiger partial charge is 0.0911 e. The molecular formula is C11H12ClN3. The number of rotatable bonds is 1. The summed E-state index contributed by atoms with van der Waals surface area (Å²) in [5.41, 5.74) is 9.64. The van der Waals surface area contributed by atoms with Gasteiger partial charge in [-0.25, -0.2) is 0 Å². The molecule has 0 aliphatic heterocycles. The van der Waals surface area contributed by atoms with Gasteiger partial charge in [0.25, 0.3) is 0 Å². The third kappa shape index (κ3) is 1.70. The van der Waals surface area contributed by atoms with Gasteiger partial charge in [-0.2, -0.15) is 5.10 Å². The summed E-state index contributed by atoms with van der Waals surface area (Å²) in [6.07, 6.45) is 1.66. The largest absolute Gasteiger partial charge is 0.396 e. The SMILES string of the molecule is Cc1cc(Cl)ccc1-c1c(N)cnn1C. The Kier molecular flexibility index (Phi) is 2.40. The maximum absolute atomic E-state index is 5.90. The van der Waals surface area contributed by atoms with E-state index in [0.29, 0.717) is 5.69 Å². The fourth-order valence-corrected chi connectivity index (χ4v) is 1.90. The molecule has 78 valence electrons. The van der Waals surface area contributed by atoms with Crippen LogP contribution in [0.4, 0.5) is 5.69 Å². The highest BCUT2D eigenvalue weighted by molar-refractivity contribution is 6.30. The summed E-state index contributed by atoms with van der Waals surface area (Å²) in [5.74, 6) is 0. The number of benzene rings is 1. The number of hydrogen-bond acceptors (Lipinski definition) is 2. The summed E-state index contributed by atoms with van der Waals surface area (Å²) >= 11 is 5.90. The van der Waals surface area contributed by atoms with E-state index in [1.54, 1.807) is 10.9 Å². The topological polar surface area (TPSA) is 43.8 Å². The quantitative estimate of drug-likeness (QED) is 0.805. The van der Waals surface area contributed by atoms with Crippen LogP contribution in [-0.2, 0) is 7.05 Å². The van der Waals surface area contributed by atoms with Crippen molar-refractivity contribution in [1.82, 2.24) is 9.78 Å². The lowest BCUT2D eigenvalue weighted by Gasteiger charge is -2.07. The number of nitrogens with zero attached hydrogens (tertiary/aromatic N) is 2. The Morgan fingerprint density at radius 3 is 2.67 bits per heavy atom. The fourth-order valence-electron chi connectivity index (χ4n) is 1.68. The summed E-state index contributed by atoms with van der Waals surface area (Å²) in [5, 5.41) is 4.85. The minimum atomic E-state index is 0.683. The van der Waals surface area contributed by atoms with Gasteiger partial charge in [0, 0.05) is 17.6 Å². The van der Waals surface area contributed by atoms with Crippen molar-refractivity contribution in [2.45, 2.75) is 6.92 Å². The summed E-state index contributed by atoms with van der Waals surface area (Å²) in [6.45, 7) is 2.01. The lowest BCUT2D eigenvalue weighted by atomic mass is 10.1. The molecule has 1 heterocycles. The molecule has 2 aromatic rings. The second-order valence-corrected chi connectivity index (χ2v) is 3.97. The molecule has 4 heteroatoms. The Hall–Kier alpha value is -1.48. The molecule has 0 aliphatic rings. The van der Waals surface area contributed by atoms with Crippen LogP contribution in [0, 0.1) is 6.92 Å². The van der Waals surface area contributed by atoms with Crippen molar-refractivity contribution in [2.24, 2.45) is 7.05 Å². The molecule has 3 nitrogen and oxygen atoms in total. The molecule has 0 atom stereocenters. The van der Waals surface area contributed by atoms with Gasteiger partial charge in [0.2, 0.25) is 0 Å². The molecule has 0 fully saturated rings. The Morgan fingerprint density at radius 2 is 2.13 bits per heavy atom. The molecule has 0 aliphatic carbocycles. The molecule has 15 heavy (non-hydrogen) atoms. The molecule has 0 amide bonds. The second kappa shape index (κ2) is 3.59. The molecule has 0 radical (unpaired) electrons. The third-order valence-electron chi connectivity index (χ3n) is 2.41. The summed E-state index contributed by atoms with van der Waals surface area (Å²) in [7, 11) is 1.87. The number of nitrogen functional groups attached to an aromatic ring is 1. The van der Waals surface area contributed by atoms with Crippen molar-refractivity contribution < 1.29 is 0 Å². The first-order chi connectivity index (χ1) is 7.09. The van der Waals surface area contributed by atoms with Crippen LogP contribution in [0.25, 0.3) is 11.3 Å². The molecule has 1 aromatic heterocycles. The first-order valence-corrected chi connectivity index (χ1v) is 5.01. The van der Waals surface area contributed by atoms with E-state index in [-0.39, 0.29) is 0 Å². The number of hydrogen-bond donors (Lipinski definition) is 1. The van der Waals surface area contributed by atoms with E-state index in [2.05, 4.69) is 5.10 Å². The zero-order chi connectivity index (χ0) is 11.0. The maximum Gasteiger partial charge on any atom is 0.0911 e. The zero-order valence-electron chi connectivity index (χ0n) is 8.66. The minimum absolute atomic E-state index is 0.683. The summed E-state index contributed by atoms with van der Waals surface area (Å²) in [6, 6.07) is 5.74. The van der Waals surface area contributed by atoms with Crippen molar-refractivity contribution in [3.63, 3.8) is 0 Å². The first kappa shape index (κ1) is 10.1. The minimum Gasteiger partial charge on any atom is -0.396 e. The van der Waals surface area contributed by atoms with Crippen molar-refractivity contribution >= 4 is 17.3 Å². The van der Waals surface area contributed by atoms with E-state index in [1.165, 1.54) is 0 Å². The van der Waals surface area contributed by atoms with Gasteiger partial charge in [0.05, 0.1) is 17.6 Å². The average molecular weight is 222 g/mol. The monoisotopic (exact) mass is 221 g/mol. The van der Waals surface area contributed by atoms with Gasteiger partial charge in [0.1, 0.15) is 0 Å². The van der Waals surface area contributed by atoms with Gasteiger partial charge >= 0.3 is 0 Å². The Morgan fingerprint density at radius 1 is 1.40 bits per heavy atom. The van der Waals surface area contributed by atoms with E-state index in [1.807, 2.05) is 32.2 Å². The first-order valence-electron chi connectivity index (χ1n) is 4.63.